The number of methoxy groups -OCH3 is 1. The molecule has 21 heavy (non-hydrogen) atoms. The second-order valence-corrected chi connectivity index (χ2v) is 4.42. The highest BCUT2D eigenvalue weighted by Gasteiger charge is 2.08. The number of hydrogen-bond acceptors (Lipinski definition) is 5. The second-order valence-electron chi connectivity index (χ2n) is 4.42. The van der Waals surface area contributed by atoms with Crippen LogP contribution in [0.2, 0.25) is 0 Å². The summed E-state index contributed by atoms with van der Waals surface area (Å²) in [5.41, 5.74) is 7.14. The molecule has 0 amide bonds. The Kier molecular flexibility index (Phi) is 4.90. The first-order valence-electron chi connectivity index (χ1n) is 6.65. The minimum atomic E-state index is -0.0522. The summed E-state index contributed by atoms with van der Waals surface area (Å²) < 4.78 is 16.5. The first-order chi connectivity index (χ1) is 10.2. The summed E-state index contributed by atoms with van der Waals surface area (Å²) in [6, 6.07) is 10.5. The summed E-state index contributed by atoms with van der Waals surface area (Å²) in [6.45, 7) is 2.40. The van der Waals surface area contributed by atoms with Crippen molar-refractivity contribution in [3.8, 4) is 23.0 Å². The topological polar surface area (TPSA) is 73.9 Å². The molecule has 0 fully saturated rings. The second kappa shape index (κ2) is 6.85. The minimum Gasteiger partial charge on any atom is -0.494 e. The Labute approximate surface area is 123 Å². The van der Waals surface area contributed by atoms with Crippen molar-refractivity contribution >= 4 is 5.69 Å². The summed E-state index contributed by atoms with van der Waals surface area (Å²) in [4.78, 5) is 0. The summed E-state index contributed by atoms with van der Waals surface area (Å²) in [5.74, 6) is 2.30. The predicted octanol–water partition coefficient (Wildman–Crippen LogP) is 2.96. The van der Waals surface area contributed by atoms with E-state index < -0.39 is 0 Å². The predicted molar refractivity (Wildman–Crippen MR) is 81.0 cm³/mol. The van der Waals surface area contributed by atoms with Gasteiger partial charge in [0.2, 0.25) is 0 Å². The molecule has 2 rings (SSSR count). The van der Waals surface area contributed by atoms with Gasteiger partial charge in [0.05, 0.1) is 20.3 Å². The molecule has 0 unspecified atom stereocenters. The highest BCUT2D eigenvalue weighted by atomic mass is 16.5. The fraction of sp³-hybridized carbons (Fsp3) is 0.250. The lowest BCUT2D eigenvalue weighted by atomic mass is 10.2. The van der Waals surface area contributed by atoms with E-state index in [9.17, 15) is 0 Å². The Bertz CT molecular complexity index is 613. The number of anilines is 1. The number of hydrogen-bond donors (Lipinski definition) is 2. The molecule has 0 aliphatic carbocycles. The Hall–Kier alpha value is -2.40. The highest BCUT2D eigenvalue weighted by molar-refractivity contribution is 5.53. The third kappa shape index (κ3) is 3.79. The first-order valence-corrected chi connectivity index (χ1v) is 6.65. The third-order valence-corrected chi connectivity index (χ3v) is 2.85. The molecule has 5 heteroatoms. The van der Waals surface area contributed by atoms with Crippen LogP contribution >= 0.6 is 0 Å². The highest BCUT2D eigenvalue weighted by Crippen LogP contribution is 2.34. The van der Waals surface area contributed by atoms with E-state index in [4.69, 9.17) is 25.1 Å². The van der Waals surface area contributed by atoms with Gasteiger partial charge in [0, 0.05) is 23.9 Å². The van der Waals surface area contributed by atoms with Gasteiger partial charge in [-0.2, -0.15) is 0 Å². The molecule has 0 atom stereocenters. The largest absolute Gasteiger partial charge is 0.494 e. The average molecular weight is 289 g/mol. The average Bonchev–Trinajstić information content (AvgIpc) is 2.47. The van der Waals surface area contributed by atoms with Crippen molar-refractivity contribution in [2.75, 3.05) is 19.5 Å². The smallest absolute Gasteiger partial charge is 0.169 e. The van der Waals surface area contributed by atoms with Gasteiger partial charge >= 0.3 is 0 Å². The van der Waals surface area contributed by atoms with E-state index in [-0.39, 0.29) is 6.61 Å². The van der Waals surface area contributed by atoms with Gasteiger partial charge in [0.25, 0.3) is 0 Å². The number of rotatable bonds is 6. The van der Waals surface area contributed by atoms with E-state index in [0.29, 0.717) is 35.3 Å². The number of benzene rings is 2. The molecular formula is C16H19NO4. The van der Waals surface area contributed by atoms with Gasteiger partial charge in [-0.1, -0.05) is 6.07 Å². The molecule has 0 radical (unpaired) electrons. The lowest BCUT2D eigenvalue weighted by molar-refractivity contribution is 0.280. The molecule has 3 N–H and O–H groups in total. The molecule has 0 bridgehead atoms. The third-order valence-electron chi connectivity index (χ3n) is 2.85. The minimum absolute atomic E-state index is 0.0522. The van der Waals surface area contributed by atoms with Crippen LogP contribution in [0.3, 0.4) is 0 Å². The molecule has 0 saturated carbocycles. The Morgan fingerprint density at radius 1 is 1.05 bits per heavy atom. The SMILES string of the molecule is CCOc1cc(N)cc(Oc2ccc(CO)cc2OC)c1. The fourth-order valence-electron chi connectivity index (χ4n) is 1.92. The molecule has 0 aliphatic heterocycles. The fourth-order valence-corrected chi connectivity index (χ4v) is 1.92. The first kappa shape index (κ1) is 15.0. The quantitative estimate of drug-likeness (QED) is 0.800. The van der Waals surface area contributed by atoms with Crippen molar-refractivity contribution in [2.45, 2.75) is 13.5 Å². The van der Waals surface area contributed by atoms with Crippen molar-refractivity contribution in [3.05, 3.63) is 42.0 Å². The maximum absolute atomic E-state index is 9.14. The van der Waals surface area contributed by atoms with Crippen LogP contribution in [0.25, 0.3) is 0 Å². The number of nitrogen functional groups attached to an aromatic ring is 1. The molecule has 112 valence electrons. The summed E-state index contributed by atoms with van der Waals surface area (Å²) in [6.07, 6.45) is 0. The van der Waals surface area contributed by atoms with Crippen molar-refractivity contribution in [1.29, 1.82) is 0 Å². The van der Waals surface area contributed by atoms with Crippen LogP contribution in [-0.2, 0) is 6.61 Å². The number of nitrogens with two attached hydrogens (primary N) is 1. The van der Waals surface area contributed by atoms with Crippen LogP contribution in [-0.4, -0.2) is 18.8 Å². The Morgan fingerprint density at radius 2 is 1.81 bits per heavy atom. The van der Waals surface area contributed by atoms with Gasteiger partial charge in [-0.25, -0.2) is 0 Å². The van der Waals surface area contributed by atoms with E-state index in [1.807, 2.05) is 6.92 Å². The van der Waals surface area contributed by atoms with Gasteiger partial charge in [0.1, 0.15) is 11.5 Å². The maximum Gasteiger partial charge on any atom is 0.169 e. The lowest BCUT2D eigenvalue weighted by Crippen LogP contribution is -1.96. The van der Waals surface area contributed by atoms with Crippen LogP contribution < -0.4 is 19.9 Å². The van der Waals surface area contributed by atoms with E-state index in [1.165, 1.54) is 0 Å². The summed E-state index contributed by atoms with van der Waals surface area (Å²) in [5, 5.41) is 9.14. The van der Waals surface area contributed by atoms with Gasteiger partial charge in [-0.15, -0.1) is 0 Å². The van der Waals surface area contributed by atoms with E-state index in [1.54, 1.807) is 43.5 Å². The van der Waals surface area contributed by atoms with Crippen molar-refractivity contribution in [3.63, 3.8) is 0 Å². The van der Waals surface area contributed by atoms with Crippen molar-refractivity contribution in [1.82, 2.24) is 0 Å². The van der Waals surface area contributed by atoms with Crippen molar-refractivity contribution in [2.24, 2.45) is 0 Å². The van der Waals surface area contributed by atoms with Crippen LogP contribution in [0.5, 0.6) is 23.0 Å². The van der Waals surface area contributed by atoms with Gasteiger partial charge in [-0.3, -0.25) is 0 Å². The number of aliphatic hydroxyl groups excluding tert-OH is 1. The molecule has 5 nitrogen and oxygen atoms in total. The molecular weight excluding hydrogens is 270 g/mol. The summed E-state index contributed by atoms with van der Waals surface area (Å²) >= 11 is 0. The molecule has 0 saturated heterocycles. The molecule has 0 aliphatic rings. The normalized spacial score (nSPS) is 10.2. The number of ether oxygens (including phenoxy) is 3. The van der Waals surface area contributed by atoms with E-state index in [2.05, 4.69) is 0 Å². The lowest BCUT2D eigenvalue weighted by Gasteiger charge is -2.13. The van der Waals surface area contributed by atoms with Crippen LogP contribution in [0.4, 0.5) is 5.69 Å². The molecule has 2 aromatic carbocycles. The Balaban J connectivity index is 2.29. The van der Waals surface area contributed by atoms with E-state index >= 15 is 0 Å². The van der Waals surface area contributed by atoms with Crippen LogP contribution in [0, 0.1) is 0 Å². The zero-order valence-corrected chi connectivity index (χ0v) is 12.1. The monoisotopic (exact) mass is 289 g/mol. The summed E-state index contributed by atoms with van der Waals surface area (Å²) in [7, 11) is 1.55. The van der Waals surface area contributed by atoms with Gasteiger partial charge in [-0.05, 0) is 24.6 Å². The van der Waals surface area contributed by atoms with Crippen molar-refractivity contribution < 1.29 is 19.3 Å². The van der Waals surface area contributed by atoms with Crippen LogP contribution in [0.15, 0.2) is 36.4 Å². The maximum atomic E-state index is 9.14. The van der Waals surface area contributed by atoms with Crippen LogP contribution in [0.1, 0.15) is 12.5 Å². The molecule has 0 aromatic heterocycles. The molecule has 0 spiro atoms. The number of aliphatic hydroxyl groups is 1. The zero-order valence-electron chi connectivity index (χ0n) is 12.1. The Morgan fingerprint density at radius 3 is 2.48 bits per heavy atom. The zero-order chi connectivity index (χ0) is 15.2. The standard InChI is InChI=1S/C16H19NO4/c1-3-20-13-7-12(17)8-14(9-13)21-15-5-4-11(10-18)6-16(15)19-2/h4-9,18H,3,10,17H2,1-2H3. The molecule has 0 heterocycles. The molecule has 2 aromatic rings. The van der Waals surface area contributed by atoms with Gasteiger partial charge in [0.15, 0.2) is 11.5 Å². The van der Waals surface area contributed by atoms with E-state index in [0.717, 1.165) is 5.56 Å². The van der Waals surface area contributed by atoms with Gasteiger partial charge < -0.3 is 25.1 Å².